The number of urea groups is 1. The van der Waals surface area contributed by atoms with Crippen LogP contribution < -0.4 is 10.6 Å². The first kappa shape index (κ1) is 14.3. The Labute approximate surface area is 124 Å². The zero-order chi connectivity index (χ0) is 14.7. The third kappa shape index (κ3) is 3.94. The molecular weight excluding hydrogens is 271 g/mol. The second-order valence-electron chi connectivity index (χ2n) is 5.82. The summed E-state index contributed by atoms with van der Waals surface area (Å²) in [5.74, 6) is 0.147. The van der Waals surface area contributed by atoms with Gasteiger partial charge in [-0.3, -0.25) is 0 Å². The van der Waals surface area contributed by atoms with E-state index in [4.69, 9.17) is 4.74 Å². The van der Waals surface area contributed by atoms with Gasteiger partial charge in [-0.25, -0.2) is 9.18 Å². The van der Waals surface area contributed by atoms with E-state index in [9.17, 15) is 9.18 Å². The molecule has 3 rings (SSSR count). The molecule has 2 N–H and O–H groups in total. The van der Waals surface area contributed by atoms with Gasteiger partial charge >= 0.3 is 6.03 Å². The molecule has 4 nitrogen and oxygen atoms in total. The standard InChI is InChI=1S/C16H21FN2O2/c17-15-10-12(5-6-14(15)11-3-4-11)19-16(20)18-8-7-13-2-1-9-21-13/h5-6,10-11,13H,1-4,7-9H2,(H2,18,19,20)/t13-/m1/s1. The van der Waals surface area contributed by atoms with Crippen LogP contribution in [0.4, 0.5) is 14.9 Å². The van der Waals surface area contributed by atoms with Crippen molar-refractivity contribution in [3.8, 4) is 0 Å². The van der Waals surface area contributed by atoms with Crippen molar-refractivity contribution in [1.29, 1.82) is 0 Å². The normalized spacial score (nSPS) is 21.3. The van der Waals surface area contributed by atoms with Crippen LogP contribution in [0.3, 0.4) is 0 Å². The molecule has 114 valence electrons. The van der Waals surface area contributed by atoms with Gasteiger partial charge in [0.05, 0.1) is 6.10 Å². The lowest BCUT2D eigenvalue weighted by atomic mass is 10.1. The van der Waals surface area contributed by atoms with Gasteiger partial charge in [-0.15, -0.1) is 0 Å². The maximum atomic E-state index is 13.9. The molecule has 0 spiro atoms. The summed E-state index contributed by atoms with van der Waals surface area (Å²) in [5.41, 5.74) is 1.26. The highest BCUT2D eigenvalue weighted by Crippen LogP contribution is 2.41. The Morgan fingerprint density at radius 2 is 2.19 bits per heavy atom. The average Bonchev–Trinajstić information content (AvgIpc) is 3.15. The Hall–Kier alpha value is -1.62. The fraction of sp³-hybridized carbons (Fsp3) is 0.562. The summed E-state index contributed by atoms with van der Waals surface area (Å²) in [6, 6.07) is 4.63. The molecule has 1 saturated heterocycles. The lowest BCUT2D eigenvalue weighted by Crippen LogP contribution is -2.31. The molecule has 0 unspecified atom stereocenters. The van der Waals surface area contributed by atoms with Gasteiger partial charge in [0.25, 0.3) is 0 Å². The molecule has 2 aliphatic rings. The SMILES string of the molecule is O=C(NCC[C@H]1CCCO1)Nc1ccc(C2CC2)c(F)c1. The highest BCUT2D eigenvalue weighted by atomic mass is 19.1. The molecule has 1 aromatic rings. The summed E-state index contributed by atoms with van der Waals surface area (Å²) in [7, 11) is 0. The number of ether oxygens (including phenoxy) is 1. The number of nitrogens with one attached hydrogen (secondary N) is 2. The molecule has 5 heteroatoms. The van der Waals surface area contributed by atoms with E-state index in [1.54, 1.807) is 12.1 Å². The molecule has 21 heavy (non-hydrogen) atoms. The van der Waals surface area contributed by atoms with Gasteiger partial charge in [0, 0.05) is 18.8 Å². The number of carbonyl (C=O) groups is 1. The van der Waals surface area contributed by atoms with Crippen molar-refractivity contribution in [2.75, 3.05) is 18.5 Å². The molecular formula is C16H21FN2O2. The summed E-state index contributed by atoms with van der Waals surface area (Å²) in [5, 5.41) is 5.44. The maximum Gasteiger partial charge on any atom is 0.319 e. The first-order chi connectivity index (χ1) is 10.2. The first-order valence-corrected chi connectivity index (χ1v) is 7.68. The number of anilines is 1. The minimum Gasteiger partial charge on any atom is -0.378 e. The highest BCUT2D eigenvalue weighted by molar-refractivity contribution is 5.89. The molecule has 2 amide bonds. The molecule has 1 aliphatic heterocycles. The van der Waals surface area contributed by atoms with Gasteiger partial charge in [-0.05, 0) is 55.7 Å². The fourth-order valence-corrected chi connectivity index (χ4v) is 2.72. The minimum absolute atomic E-state index is 0.227. The van der Waals surface area contributed by atoms with Crippen LogP contribution in [0.1, 0.15) is 43.6 Å². The number of benzene rings is 1. The van der Waals surface area contributed by atoms with E-state index in [1.807, 2.05) is 0 Å². The second kappa shape index (κ2) is 6.43. The van der Waals surface area contributed by atoms with Crippen molar-refractivity contribution in [2.24, 2.45) is 0 Å². The van der Waals surface area contributed by atoms with E-state index in [2.05, 4.69) is 10.6 Å². The van der Waals surface area contributed by atoms with Crippen LogP contribution in [0, 0.1) is 5.82 Å². The smallest absolute Gasteiger partial charge is 0.319 e. The highest BCUT2D eigenvalue weighted by Gasteiger charge is 2.26. The fourth-order valence-electron chi connectivity index (χ4n) is 2.72. The van der Waals surface area contributed by atoms with Crippen molar-refractivity contribution >= 4 is 11.7 Å². The summed E-state index contributed by atoms with van der Waals surface area (Å²) in [6.45, 7) is 1.39. The van der Waals surface area contributed by atoms with Gasteiger partial charge in [0.15, 0.2) is 0 Å². The van der Waals surface area contributed by atoms with Crippen LogP contribution in [-0.2, 0) is 4.74 Å². The van der Waals surface area contributed by atoms with E-state index >= 15 is 0 Å². The zero-order valence-corrected chi connectivity index (χ0v) is 12.0. The number of amides is 2. The molecule has 1 atom stereocenters. The number of hydrogen-bond acceptors (Lipinski definition) is 2. The van der Waals surface area contributed by atoms with Gasteiger partial charge in [-0.2, -0.15) is 0 Å². The number of hydrogen-bond donors (Lipinski definition) is 2. The minimum atomic E-state index is -0.299. The maximum absolute atomic E-state index is 13.9. The van der Waals surface area contributed by atoms with Crippen molar-refractivity contribution in [3.05, 3.63) is 29.6 Å². The van der Waals surface area contributed by atoms with Crippen molar-refractivity contribution < 1.29 is 13.9 Å². The van der Waals surface area contributed by atoms with E-state index < -0.39 is 0 Å². The number of carbonyl (C=O) groups excluding carboxylic acids is 1. The summed E-state index contributed by atoms with van der Waals surface area (Å²) in [6.07, 6.45) is 5.38. The van der Waals surface area contributed by atoms with Crippen LogP contribution in [-0.4, -0.2) is 25.3 Å². The number of rotatable bonds is 5. The largest absolute Gasteiger partial charge is 0.378 e. The number of halogens is 1. The monoisotopic (exact) mass is 292 g/mol. The zero-order valence-electron chi connectivity index (χ0n) is 12.0. The summed E-state index contributed by atoms with van der Waals surface area (Å²) in [4.78, 5) is 11.7. The van der Waals surface area contributed by atoms with Gasteiger partial charge < -0.3 is 15.4 Å². The molecule has 1 aromatic carbocycles. The Balaban J connectivity index is 1.44. The lowest BCUT2D eigenvalue weighted by Gasteiger charge is -2.11. The van der Waals surface area contributed by atoms with Crippen molar-refractivity contribution in [2.45, 2.75) is 44.1 Å². The summed E-state index contributed by atoms with van der Waals surface area (Å²) >= 11 is 0. The molecule has 1 heterocycles. The first-order valence-electron chi connectivity index (χ1n) is 7.68. The van der Waals surface area contributed by atoms with Crippen LogP contribution >= 0.6 is 0 Å². The van der Waals surface area contributed by atoms with Crippen LogP contribution in [0.5, 0.6) is 0 Å². The van der Waals surface area contributed by atoms with Crippen LogP contribution in [0.25, 0.3) is 0 Å². The Bertz CT molecular complexity index is 511. The molecule has 1 aliphatic carbocycles. The van der Waals surface area contributed by atoms with Crippen LogP contribution in [0.15, 0.2) is 18.2 Å². The third-order valence-corrected chi connectivity index (χ3v) is 4.05. The molecule has 0 bridgehead atoms. The van der Waals surface area contributed by atoms with Gasteiger partial charge in [0.1, 0.15) is 5.82 Å². The Morgan fingerprint density at radius 1 is 1.33 bits per heavy atom. The van der Waals surface area contributed by atoms with E-state index in [-0.39, 0.29) is 18.0 Å². The average molecular weight is 292 g/mol. The predicted molar refractivity (Wildman–Crippen MR) is 79.0 cm³/mol. The molecule has 0 radical (unpaired) electrons. The Kier molecular flexibility index (Phi) is 4.39. The van der Waals surface area contributed by atoms with E-state index in [0.717, 1.165) is 44.3 Å². The van der Waals surface area contributed by atoms with E-state index in [0.29, 0.717) is 18.2 Å². The van der Waals surface area contributed by atoms with E-state index in [1.165, 1.54) is 6.07 Å². The van der Waals surface area contributed by atoms with Gasteiger partial charge in [-0.1, -0.05) is 6.07 Å². The Morgan fingerprint density at radius 3 is 2.86 bits per heavy atom. The quantitative estimate of drug-likeness (QED) is 0.874. The topological polar surface area (TPSA) is 50.4 Å². The van der Waals surface area contributed by atoms with Crippen LogP contribution in [0.2, 0.25) is 0 Å². The van der Waals surface area contributed by atoms with Crippen molar-refractivity contribution in [1.82, 2.24) is 5.32 Å². The molecule has 0 aromatic heterocycles. The third-order valence-electron chi connectivity index (χ3n) is 4.05. The predicted octanol–water partition coefficient (Wildman–Crippen LogP) is 3.39. The second-order valence-corrected chi connectivity index (χ2v) is 5.82. The summed E-state index contributed by atoms with van der Waals surface area (Å²) < 4.78 is 19.3. The lowest BCUT2D eigenvalue weighted by molar-refractivity contribution is 0.105. The molecule has 1 saturated carbocycles. The molecule has 2 fully saturated rings. The van der Waals surface area contributed by atoms with Gasteiger partial charge in [0.2, 0.25) is 0 Å². The van der Waals surface area contributed by atoms with Crippen molar-refractivity contribution in [3.63, 3.8) is 0 Å².